The van der Waals surface area contributed by atoms with Crippen LogP contribution in [0.2, 0.25) is 0 Å². The first kappa shape index (κ1) is 33.3. The minimum atomic E-state index is -5.00. The van der Waals surface area contributed by atoms with Gasteiger partial charge in [-0.15, -0.1) is 0 Å². The number of hydrogen-bond acceptors (Lipinski definition) is 7. The Kier molecular flexibility index (Phi) is 9.16. The van der Waals surface area contributed by atoms with Gasteiger partial charge in [0.1, 0.15) is 11.6 Å². The van der Waals surface area contributed by atoms with Gasteiger partial charge in [0.05, 0.1) is 51.2 Å². The highest BCUT2D eigenvalue weighted by Gasteiger charge is 2.36. The lowest BCUT2D eigenvalue weighted by Crippen LogP contribution is -2.43. The van der Waals surface area contributed by atoms with Crippen molar-refractivity contribution >= 4 is 26.8 Å². The van der Waals surface area contributed by atoms with Crippen molar-refractivity contribution in [2.75, 3.05) is 12.3 Å². The van der Waals surface area contributed by atoms with E-state index < -0.39 is 68.4 Å². The van der Waals surface area contributed by atoms with Gasteiger partial charge in [-0.25, -0.2) is 22.8 Å². The van der Waals surface area contributed by atoms with Crippen LogP contribution in [0.25, 0.3) is 16.7 Å². The molecule has 0 aliphatic heterocycles. The maximum Gasteiger partial charge on any atom is 0.419 e. The summed E-state index contributed by atoms with van der Waals surface area (Å²) >= 11 is 0. The smallest absolute Gasteiger partial charge is 0.331 e. The van der Waals surface area contributed by atoms with Gasteiger partial charge in [0.15, 0.2) is 15.5 Å². The first-order chi connectivity index (χ1) is 20.9. The highest BCUT2D eigenvalue weighted by molar-refractivity contribution is 7.92. The van der Waals surface area contributed by atoms with E-state index in [9.17, 15) is 40.8 Å². The van der Waals surface area contributed by atoms with E-state index in [0.29, 0.717) is 23.4 Å². The zero-order valence-electron chi connectivity index (χ0n) is 24.8. The van der Waals surface area contributed by atoms with E-state index in [1.807, 2.05) is 6.07 Å². The minimum Gasteiger partial charge on any atom is -0.331 e. The van der Waals surface area contributed by atoms with Crippen molar-refractivity contribution < 1.29 is 30.8 Å². The van der Waals surface area contributed by atoms with Crippen LogP contribution in [-0.2, 0) is 27.2 Å². The number of alkyl halides is 3. The first-order valence-electron chi connectivity index (χ1n) is 13.7. The molecule has 0 aliphatic carbocycles. The molecule has 0 spiro atoms. The van der Waals surface area contributed by atoms with E-state index >= 15 is 0 Å². The second kappa shape index (κ2) is 12.4. The Morgan fingerprint density at radius 1 is 1.09 bits per heavy atom. The van der Waals surface area contributed by atoms with Crippen LogP contribution in [0, 0.1) is 17.1 Å². The molecule has 236 valence electrons. The molecule has 2 aromatic carbocycles. The second-order valence-electron chi connectivity index (χ2n) is 11.3. The molecule has 2 heterocycles. The van der Waals surface area contributed by atoms with Gasteiger partial charge < -0.3 is 4.90 Å². The van der Waals surface area contributed by atoms with Crippen molar-refractivity contribution in [2.24, 2.45) is 0 Å². The summed E-state index contributed by atoms with van der Waals surface area (Å²) < 4.78 is 80.3. The van der Waals surface area contributed by atoms with E-state index in [0.717, 1.165) is 11.0 Å². The van der Waals surface area contributed by atoms with E-state index in [4.69, 9.17) is 0 Å². The van der Waals surface area contributed by atoms with Gasteiger partial charge in [0.25, 0.3) is 5.56 Å². The number of aromatic nitrogens is 3. The van der Waals surface area contributed by atoms with E-state index in [1.165, 1.54) is 68.8 Å². The summed E-state index contributed by atoms with van der Waals surface area (Å²) in [5.74, 6) is -2.79. The van der Waals surface area contributed by atoms with E-state index in [-0.39, 0.29) is 22.4 Å². The monoisotopic (exact) mass is 643 g/mol. The third-order valence-electron chi connectivity index (χ3n) is 7.31. The molecular weight excluding hydrogens is 614 g/mol. The van der Waals surface area contributed by atoms with Crippen molar-refractivity contribution in [2.45, 2.75) is 51.1 Å². The molecule has 2 aromatic heterocycles. The summed E-state index contributed by atoms with van der Waals surface area (Å²) in [6, 6.07) is 12.1. The fourth-order valence-corrected chi connectivity index (χ4v) is 5.67. The second-order valence-corrected chi connectivity index (χ2v) is 14.2. The molecule has 0 unspecified atom stereocenters. The molecule has 0 saturated heterocycles. The number of halogens is 4. The highest BCUT2D eigenvalue weighted by atomic mass is 32.2. The van der Waals surface area contributed by atoms with Gasteiger partial charge >= 0.3 is 6.18 Å². The number of nitrogens with zero attached hydrogens (tertiary/aromatic N) is 5. The molecular formula is C31H29F4N5O4S. The number of hydrogen-bond donors (Lipinski definition) is 0. The third kappa shape index (κ3) is 7.04. The number of sulfone groups is 1. The van der Waals surface area contributed by atoms with Crippen LogP contribution in [0.3, 0.4) is 0 Å². The van der Waals surface area contributed by atoms with E-state index in [2.05, 4.69) is 9.97 Å². The Morgan fingerprint density at radius 2 is 1.76 bits per heavy atom. The van der Waals surface area contributed by atoms with Crippen LogP contribution in [0.4, 0.5) is 17.6 Å². The number of carbonyl (C=O) groups is 1. The Hall–Kier alpha value is -4.64. The lowest BCUT2D eigenvalue weighted by molar-refractivity contribution is -0.140. The molecule has 0 radical (unpaired) electrons. The molecule has 0 N–H and O–H groups in total. The molecule has 0 fully saturated rings. The van der Waals surface area contributed by atoms with Gasteiger partial charge in [-0.3, -0.25) is 14.2 Å². The summed E-state index contributed by atoms with van der Waals surface area (Å²) in [7, 11) is -3.78. The van der Waals surface area contributed by atoms with Crippen LogP contribution in [0.5, 0.6) is 0 Å². The molecule has 1 atom stereocenters. The molecule has 0 aliphatic rings. The Bertz CT molecular complexity index is 1960. The summed E-state index contributed by atoms with van der Waals surface area (Å²) in [5, 5.41) is 9.39. The predicted molar refractivity (Wildman–Crippen MR) is 159 cm³/mol. The number of rotatable bonds is 8. The van der Waals surface area contributed by atoms with Crippen LogP contribution >= 0.6 is 0 Å². The Balaban J connectivity index is 1.86. The summed E-state index contributed by atoms with van der Waals surface area (Å²) in [6.07, 6.45) is -4.22. The van der Waals surface area contributed by atoms with Gasteiger partial charge in [-0.2, -0.15) is 18.4 Å². The molecule has 4 aromatic rings. The van der Waals surface area contributed by atoms with Crippen molar-refractivity contribution in [3.8, 4) is 11.8 Å². The standard InChI is InChI=1S/C31H29F4N5O4S/c1-19(28-38-27-23(6-5-13-37-27)29(42)40(28)22-10-7-20(18-36)8-11-22)39(14-15-45(43,44)30(2,3)4)26(41)17-21-9-12-25(32)24(16-21)31(33,34)35/h5-13,16,19H,14-15,17H2,1-4H3/t19-/m1/s1. The van der Waals surface area contributed by atoms with Gasteiger partial charge in [-0.05, 0) is 81.8 Å². The quantitative estimate of drug-likeness (QED) is 0.243. The van der Waals surface area contributed by atoms with Crippen molar-refractivity contribution in [1.82, 2.24) is 19.4 Å². The molecule has 0 saturated carbocycles. The van der Waals surface area contributed by atoms with Crippen molar-refractivity contribution in [3.63, 3.8) is 0 Å². The zero-order chi connectivity index (χ0) is 33.3. The molecule has 0 bridgehead atoms. The number of nitriles is 1. The fourth-order valence-electron chi connectivity index (χ4n) is 4.63. The van der Waals surface area contributed by atoms with E-state index in [1.54, 1.807) is 6.07 Å². The SMILES string of the molecule is C[C@H](c1nc2ncccc2c(=O)n1-c1ccc(C#N)cc1)N(CCS(=O)(=O)C(C)(C)C)C(=O)Cc1ccc(F)c(C(F)(F)F)c1. The lowest BCUT2D eigenvalue weighted by atomic mass is 10.1. The molecule has 4 rings (SSSR count). The average molecular weight is 644 g/mol. The number of carbonyl (C=O) groups excluding carboxylic acids is 1. The molecule has 1 amide bonds. The molecule has 45 heavy (non-hydrogen) atoms. The summed E-state index contributed by atoms with van der Waals surface area (Å²) in [6.45, 7) is 5.59. The van der Waals surface area contributed by atoms with Crippen LogP contribution < -0.4 is 5.56 Å². The number of pyridine rings is 1. The number of fused-ring (bicyclic) bond motifs is 1. The van der Waals surface area contributed by atoms with Crippen molar-refractivity contribution in [3.05, 3.63) is 99.5 Å². The number of benzene rings is 2. The summed E-state index contributed by atoms with van der Waals surface area (Å²) in [5.41, 5.74) is -1.58. The van der Waals surface area contributed by atoms with Gasteiger partial charge in [0.2, 0.25) is 5.91 Å². The predicted octanol–water partition coefficient (Wildman–Crippen LogP) is 5.16. The normalized spacial score (nSPS) is 13.0. The maximum absolute atomic E-state index is 13.9. The van der Waals surface area contributed by atoms with Crippen molar-refractivity contribution in [1.29, 1.82) is 5.26 Å². The first-order valence-corrected chi connectivity index (χ1v) is 15.4. The third-order valence-corrected chi connectivity index (χ3v) is 9.90. The Labute approximate surface area is 256 Å². The number of amides is 1. The molecule has 14 heteroatoms. The maximum atomic E-state index is 13.9. The molecule has 9 nitrogen and oxygen atoms in total. The zero-order valence-corrected chi connectivity index (χ0v) is 25.6. The van der Waals surface area contributed by atoms with Gasteiger partial charge in [-0.1, -0.05) is 6.07 Å². The topological polar surface area (TPSA) is 126 Å². The van der Waals surface area contributed by atoms with Crippen LogP contribution in [0.1, 0.15) is 56.3 Å². The summed E-state index contributed by atoms with van der Waals surface area (Å²) in [4.78, 5) is 37.4. The lowest BCUT2D eigenvalue weighted by Gasteiger charge is -2.31. The van der Waals surface area contributed by atoms with Gasteiger partial charge in [0, 0.05) is 12.7 Å². The average Bonchev–Trinajstić information content (AvgIpc) is 2.97. The minimum absolute atomic E-state index is 0.00694. The van der Waals surface area contributed by atoms with Crippen LogP contribution in [0.15, 0.2) is 65.6 Å². The largest absolute Gasteiger partial charge is 0.419 e. The van der Waals surface area contributed by atoms with Crippen LogP contribution in [-0.4, -0.2) is 50.8 Å². The fraction of sp³-hybridized carbons (Fsp3) is 0.323. The highest BCUT2D eigenvalue weighted by Crippen LogP contribution is 2.32. The Morgan fingerprint density at radius 3 is 2.36 bits per heavy atom.